The molecule has 37 heavy (non-hydrogen) atoms. The summed E-state index contributed by atoms with van der Waals surface area (Å²) in [4.78, 5) is 30.2. The lowest BCUT2D eigenvalue weighted by Gasteiger charge is -2.28. The van der Waals surface area contributed by atoms with Gasteiger partial charge < -0.3 is 19.6 Å². The van der Waals surface area contributed by atoms with Gasteiger partial charge in [-0.25, -0.2) is 0 Å². The van der Waals surface area contributed by atoms with E-state index in [1.54, 1.807) is 23.1 Å². The van der Waals surface area contributed by atoms with E-state index in [0.29, 0.717) is 31.0 Å². The van der Waals surface area contributed by atoms with Gasteiger partial charge >= 0.3 is 0 Å². The van der Waals surface area contributed by atoms with Crippen molar-refractivity contribution in [2.75, 3.05) is 26.2 Å². The van der Waals surface area contributed by atoms with E-state index in [-0.39, 0.29) is 11.3 Å². The third kappa shape index (κ3) is 5.75. The number of rotatable bonds is 10. The number of aliphatic hydroxyl groups is 1. The van der Waals surface area contributed by atoms with Crippen molar-refractivity contribution in [1.82, 2.24) is 9.80 Å². The number of amides is 1. The molecule has 0 aromatic heterocycles. The molecule has 0 saturated carbocycles. The van der Waals surface area contributed by atoms with Crippen LogP contribution in [0.2, 0.25) is 0 Å². The smallest absolute Gasteiger partial charge is 0.295 e. The van der Waals surface area contributed by atoms with Gasteiger partial charge in [0.1, 0.15) is 18.1 Å². The third-order valence-corrected chi connectivity index (χ3v) is 6.89. The zero-order valence-electron chi connectivity index (χ0n) is 21.7. The lowest BCUT2D eigenvalue weighted by Crippen LogP contribution is -2.38. The number of aliphatic hydroxyl groups excluding tert-OH is 1. The van der Waals surface area contributed by atoms with Crippen LogP contribution in [-0.4, -0.2) is 52.8 Å². The van der Waals surface area contributed by atoms with E-state index in [2.05, 4.69) is 18.7 Å². The number of carbonyl (C=O) groups excluding carboxylic acids is 2. The predicted molar refractivity (Wildman–Crippen MR) is 145 cm³/mol. The number of nitrogens with zero attached hydrogens (tertiary/aromatic N) is 2. The van der Waals surface area contributed by atoms with Crippen LogP contribution in [0.3, 0.4) is 0 Å². The largest absolute Gasteiger partial charge is 0.507 e. The molecule has 6 heteroatoms. The molecule has 1 fully saturated rings. The molecule has 0 unspecified atom stereocenters. The topological polar surface area (TPSA) is 70.1 Å². The van der Waals surface area contributed by atoms with Crippen LogP contribution < -0.4 is 4.74 Å². The molecule has 0 spiro atoms. The van der Waals surface area contributed by atoms with Crippen LogP contribution >= 0.6 is 0 Å². The molecule has 4 rings (SSSR count). The van der Waals surface area contributed by atoms with Crippen LogP contribution in [-0.2, 0) is 16.2 Å². The van der Waals surface area contributed by atoms with E-state index in [4.69, 9.17) is 4.74 Å². The van der Waals surface area contributed by atoms with Gasteiger partial charge in [0.05, 0.1) is 11.6 Å². The number of aryl methyl sites for hydroxylation is 1. The van der Waals surface area contributed by atoms with Gasteiger partial charge in [0.15, 0.2) is 0 Å². The predicted octanol–water partition coefficient (Wildman–Crippen LogP) is 5.34. The van der Waals surface area contributed by atoms with Crippen molar-refractivity contribution in [3.05, 3.63) is 107 Å². The molecular weight excluding hydrogens is 464 g/mol. The number of likely N-dealkylation sites (N-methyl/N-ethyl adjacent to an activating group) is 1. The van der Waals surface area contributed by atoms with Gasteiger partial charge in [-0.2, -0.15) is 0 Å². The number of carbonyl (C=O) groups is 2. The summed E-state index contributed by atoms with van der Waals surface area (Å²) in [5.74, 6) is -0.718. The van der Waals surface area contributed by atoms with E-state index in [1.807, 2.05) is 67.6 Å². The summed E-state index contributed by atoms with van der Waals surface area (Å²) in [5, 5.41) is 11.4. The second-order valence-corrected chi connectivity index (χ2v) is 9.18. The summed E-state index contributed by atoms with van der Waals surface area (Å²) in [7, 11) is 0. The van der Waals surface area contributed by atoms with Gasteiger partial charge in [-0.05, 0) is 54.9 Å². The highest BCUT2D eigenvalue weighted by atomic mass is 16.5. The molecule has 1 saturated heterocycles. The number of hydrogen-bond acceptors (Lipinski definition) is 5. The summed E-state index contributed by atoms with van der Waals surface area (Å²) in [5.41, 5.74) is 3.27. The standard InChI is InChI=1S/C31H34N2O4/c1-4-32(5-2)18-19-33-28(24-14-10-7-11-15-24)27(30(35)31(33)36)29(34)25-16-17-26(22(3)20-25)37-21-23-12-8-6-9-13-23/h6-17,20,28,34H,4-5,18-19,21H2,1-3H3/b29-27+/t28-/m0/s1. The zero-order chi connectivity index (χ0) is 26.4. The number of benzene rings is 3. The summed E-state index contributed by atoms with van der Waals surface area (Å²) in [6, 6.07) is 24.0. The average molecular weight is 499 g/mol. The highest BCUT2D eigenvalue weighted by Crippen LogP contribution is 2.39. The number of likely N-dealkylation sites (tertiary alicyclic amines) is 1. The van der Waals surface area contributed by atoms with Crippen LogP contribution in [0.4, 0.5) is 0 Å². The van der Waals surface area contributed by atoms with Gasteiger partial charge in [0.25, 0.3) is 11.7 Å². The Morgan fingerprint density at radius 2 is 1.59 bits per heavy atom. The second-order valence-electron chi connectivity index (χ2n) is 9.18. The molecule has 0 radical (unpaired) electrons. The van der Waals surface area contributed by atoms with Crippen molar-refractivity contribution in [2.24, 2.45) is 0 Å². The Morgan fingerprint density at radius 3 is 2.22 bits per heavy atom. The first-order chi connectivity index (χ1) is 17.9. The highest BCUT2D eigenvalue weighted by Gasteiger charge is 2.45. The molecule has 1 N–H and O–H groups in total. The minimum absolute atomic E-state index is 0.119. The first-order valence-corrected chi connectivity index (χ1v) is 12.8. The first-order valence-electron chi connectivity index (χ1n) is 12.8. The molecule has 192 valence electrons. The average Bonchev–Trinajstić information content (AvgIpc) is 3.18. The monoisotopic (exact) mass is 498 g/mol. The molecule has 1 atom stereocenters. The summed E-state index contributed by atoms with van der Waals surface area (Å²) >= 11 is 0. The van der Waals surface area contributed by atoms with Crippen LogP contribution in [0.25, 0.3) is 5.76 Å². The zero-order valence-corrected chi connectivity index (χ0v) is 21.7. The summed E-state index contributed by atoms with van der Waals surface area (Å²) in [6.07, 6.45) is 0. The minimum Gasteiger partial charge on any atom is -0.507 e. The fourth-order valence-corrected chi connectivity index (χ4v) is 4.73. The van der Waals surface area contributed by atoms with Crippen molar-refractivity contribution in [1.29, 1.82) is 0 Å². The first kappa shape index (κ1) is 26.2. The maximum Gasteiger partial charge on any atom is 0.295 e. The van der Waals surface area contributed by atoms with E-state index in [9.17, 15) is 14.7 Å². The Labute approximate surface area is 218 Å². The van der Waals surface area contributed by atoms with Gasteiger partial charge in [0.2, 0.25) is 0 Å². The number of ketones is 1. The number of Topliss-reactive ketones (excluding diaryl/α,β-unsaturated/α-hetero) is 1. The van der Waals surface area contributed by atoms with E-state index in [1.165, 1.54) is 0 Å². The Balaban J connectivity index is 1.66. The lowest BCUT2D eigenvalue weighted by atomic mass is 9.95. The lowest BCUT2D eigenvalue weighted by molar-refractivity contribution is -0.140. The summed E-state index contributed by atoms with van der Waals surface area (Å²) < 4.78 is 5.97. The number of ether oxygens (including phenoxy) is 1. The van der Waals surface area contributed by atoms with Crippen molar-refractivity contribution in [3.8, 4) is 5.75 Å². The Morgan fingerprint density at radius 1 is 0.946 bits per heavy atom. The summed E-state index contributed by atoms with van der Waals surface area (Å²) in [6.45, 7) is 9.23. The molecule has 1 amide bonds. The third-order valence-electron chi connectivity index (χ3n) is 6.89. The molecule has 0 aliphatic carbocycles. The van der Waals surface area contributed by atoms with Crippen LogP contribution in [0.1, 0.15) is 42.1 Å². The molecule has 0 bridgehead atoms. The minimum atomic E-state index is -0.659. The molecule has 3 aromatic rings. The van der Waals surface area contributed by atoms with Gasteiger partial charge in [-0.1, -0.05) is 74.5 Å². The van der Waals surface area contributed by atoms with Gasteiger partial charge in [-0.15, -0.1) is 0 Å². The van der Waals surface area contributed by atoms with Crippen molar-refractivity contribution >= 4 is 17.4 Å². The molecule has 1 heterocycles. The molecule has 1 aliphatic heterocycles. The van der Waals surface area contributed by atoms with Crippen LogP contribution in [0.5, 0.6) is 5.75 Å². The SMILES string of the molecule is CCN(CC)CCN1C(=O)C(=O)/C(=C(/O)c2ccc(OCc3ccccc3)c(C)c2)[C@@H]1c1ccccc1. The van der Waals surface area contributed by atoms with Crippen molar-refractivity contribution in [2.45, 2.75) is 33.4 Å². The Bertz CT molecular complexity index is 1270. The van der Waals surface area contributed by atoms with Crippen molar-refractivity contribution < 1.29 is 19.4 Å². The Hall–Kier alpha value is -3.90. The van der Waals surface area contributed by atoms with Gasteiger partial charge in [-0.3, -0.25) is 9.59 Å². The molecular formula is C31H34N2O4. The quantitative estimate of drug-likeness (QED) is 0.232. The normalized spacial score (nSPS) is 17.0. The van der Waals surface area contributed by atoms with Crippen LogP contribution in [0.15, 0.2) is 84.4 Å². The number of hydrogen-bond donors (Lipinski definition) is 1. The fourth-order valence-electron chi connectivity index (χ4n) is 4.73. The molecule has 3 aromatic carbocycles. The molecule has 1 aliphatic rings. The second kappa shape index (κ2) is 11.9. The molecule has 6 nitrogen and oxygen atoms in total. The Kier molecular flexibility index (Phi) is 8.41. The van der Waals surface area contributed by atoms with E-state index < -0.39 is 17.7 Å². The van der Waals surface area contributed by atoms with Gasteiger partial charge in [0, 0.05) is 18.7 Å². The maximum atomic E-state index is 13.3. The van der Waals surface area contributed by atoms with Crippen molar-refractivity contribution in [3.63, 3.8) is 0 Å². The highest BCUT2D eigenvalue weighted by molar-refractivity contribution is 6.46. The van der Waals surface area contributed by atoms with Crippen LogP contribution in [0, 0.1) is 6.92 Å². The fraction of sp³-hybridized carbons (Fsp3) is 0.290. The van der Waals surface area contributed by atoms with E-state index in [0.717, 1.165) is 29.8 Å². The van der Waals surface area contributed by atoms with E-state index >= 15 is 0 Å². The maximum absolute atomic E-state index is 13.3.